The van der Waals surface area contributed by atoms with Crippen LogP contribution in [-0.2, 0) is 11.3 Å². The van der Waals surface area contributed by atoms with Gasteiger partial charge in [0.15, 0.2) is 0 Å². The van der Waals surface area contributed by atoms with Crippen LogP contribution in [0.25, 0.3) is 0 Å². The number of anilines is 1. The van der Waals surface area contributed by atoms with E-state index in [1.807, 2.05) is 4.90 Å². The highest BCUT2D eigenvalue weighted by Gasteiger charge is 2.22. The third-order valence-corrected chi connectivity index (χ3v) is 3.40. The molecule has 1 aliphatic rings. The van der Waals surface area contributed by atoms with Crippen LogP contribution in [0, 0.1) is 5.92 Å². The van der Waals surface area contributed by atoms with E-state index in [1.165, 1.54) is 6.42 Å². The highest BCUT2D eigenvalue weighted by Crippen LogP contribution is 2.19. The maximum Gasteiger partial charge on any atom is 0.244 e. The number of carbonyl (C=O) groups excluding carboxylic acids is 1. The zero-order chi connectivity index (χ0) is 12.3. The minimum absolute atomic E-state index is 0.145. The van der Waals surface area contributed by atoms with E-state index in [1.54, 1.807) is 17.1 Å². The molecule has 1 unspecified atom stereocenters. The molecule has 1 fully saturated rings. The highest BCUT2D eigenvalue weighted by molar-refractivity contribution is 5.76. The lowest BCUT2D eigenvalue weighted by Gasteiger charge is -2.32. The smallest absolute Gasteiger partial charge is 0.244 e. The molecule has 1 amide bonds. The molecule has 2 rings (SSSR count). The van der Waals surface area contributed by atoms with E-state index in [0.29, 0.717) is 18.2 Å². The van der Waals surface area contributed by atoms with Crippen molar-refractivity contribution in [2.75, 3.05) is 18.8 Å². The molecule has 5 nitrogen and oxygen atoms in total. The van der Waals surface area contributed by atoms with Gasteiger partial charge in [0, 0.05) is 19.3 Å². The lowest BCUT2D eigenvalue weighted by atomic mass is 9.96. The summed E-state index contributed by atoms with van der Waals surface area (Å²) in [7, 11) is 0. The summed E-state index contributed by atoms with van der Waals surface area (Å²) in [5.74, 6) is 0.807. The van der Waals surface area contributed by atoms with Crippen LogP contribution in [0.15, 0.2) is 12.4 Å². The molecular weight excluding hydrogens is 216 g/mol. The number of nitrogens with zero attached hydrogens (tertiary/aromatic N) is 3. The molecule has 1 aromatic rings. The Morgan fingerprint density at radius 2 is 2.47 bits per heavy atom. The molecule has 0 aromatic carbocycles. The molecule has 1 atom stereocenters. The van der Waals surface area contributed by atoms with Crippen molar-refractivity contribution < 1.29 is 4.79 Å². The Labute approximate surface area is 102 Å². The van der Waals surface area contributed by atoms with Gasteiger partial charge in [0.2, 0.25) is 5.91 Å². The normalized spacial score (nSPS) is 20.5. The molecule has 5 heteroatoms. The predicted molar refractivity (Wildman–Crippen MR) is 66.2 cm³/mol. The predicted octanol–water partition coefficient (Wildman–Crippen LogP) is 1.11. The maximum atomic E-state index is 12.1. The van der Waals surface area contributed by atoms with Crippen LogP contribution in [0.2, 0.25) is 0 Å². The molecule has 0 bridgehead atoms. The monoisotopic (exact) mass is 236 g/mol. The largest absolute Gasteiger partial charge is 0.396 e. The van der Waals surface area contributed by atoms with Crippen molar-refractivity contribution in [2.45, 2.75) is 32.7 Å². The van der Waals surface area contributed by atoms with Crippen molar-refractivity contribution in [1.82, 2.24) is 14.7 Å². The number of likely N-dealkylation sites (tertiary alicyclic amines) is 1. The van der Waals surface area contributed by atoms with Crippen LogP contribution < -0.4 is 5.73 Å². The average Bonchev–Trinajstić information content (AvgIpc) is 2.75. The van der Waals surface area contributed by atoms with Crippen molar-refractivity contribution in [1.29, 1.82) is 0 Å². The summed E-state index contributed by atoms with van der Waals surface area (Å²) in [5.41, 5.74) is 6.17. The molecule has 0 saturated carbocycles. The summed E-state index contributed by atoms with van der Waals surface area (Å²) in [5, 5.41) is 4.03. The summed E-state index contributed by atoms with van der Waals surface area (Å²) in [4.78, 5) is 14.0. The lowest BCUT2D eigenvalue weighted by molar-refractivity contribution is -0.133. The Kier molecular flexibility index (Phi) is 3.66. The number of amides is 1. The number of nitrogen functional groups attached to an aromatic ring is 1. The zero-order valence-corrected chi connectivity index (χ0v) is 10.3. The van der Waals surface area contributed by atoms with Gasteiger partial charge in [-0.2, -0.15) is 5.10 Å². The first-order chi connectivity index (χ1) is 8.19. The van der Waals surface area contributed by atoms with E-state index >= 15 is 0 Å². The first-order valence-corrected chi connectivity index (χ1v) is 6.24. The molecule has 94 valence electrons. The van der Waals surface area contributed by atoms with Crippen LogP contribution in [0.4, 0.5) is 5.69 Å². The van der Waals surface area contributed by atoms with Gasteiger partial charge < -0.3 is 10.6 Å². The van der Waals surface area contributed by atoms with Crippen molar-refractivity contribution in [3.8, 4) is 0 Å². The van der Waals surface area contributed by atoms with Gasteiger partial charge in [-0.05, 0) is 18.8 Å². The molecule has 1 saturated heterocycles. The highest BCUT2D eigenvalue weighted by atomic mass is 16.2. The summed E-state index contributed by atoms with van der Waals surface area (Å²) in [6.45, 7) is 4.26. The molecule has 0 radical (unpaired) electrons. The van der Waals surface area contributed by atoms with Gasteiger partial charge in [0.1, 0.15) is 6.54 Å². The van der Waals surface area contributed by atoms with Gasteiger partial charge in [0.05, 0.1) is 11.9 Å². The van der Waals surface area contributed by atoms with Gasteiger partial charge in [-0.1, -0.05) is 13.3 Å². The van der Waals surface area contributed by atoms with Gasteiger partial charge in [0.25, 0.3) is 0 Å². The van der Waals surface area contributed by atoms with Gasteiger partial charge >= 0.3 is 0 Å². The second-order valence-electron chi connectivity index (χ2n) is 4.73. The quantitative estimate of drug-likeness (QED) is 0.855. The SMILES string of the molecule is CCC1CCCN(C(=O)Cn2cc(N)cn2)C1. The van der Waals surface area contributed by atoms with E-state index in [0.717, 1.165) is 25.9 Å². The number of nitrogens with two attached hydrogens (primary N) is 1. The molecule has 2 heterocycles. The molecular formula is C12H20N4O. The Hall–Kier alpha value is -1.52. The van der Waals surface area contributed by atoms with Crippen LogP contribution in [-0.4, -0.2) is 33.7 Å². The van der Waals surface area contributed by atoms with Crippen LogP contribution in [0.1, 0.15) is 26.2 Å². The van der Waals surface area contributed by atoms with E-state index in [2.05, 4.69) is 12.0 Å². The third kappa shape index (κ3) is 2.99. The molecule has 0 aliphatic carbocycles. The Morgan fingerprint density at radius 3 is 3.12 bits per heavy atom. The Balaban J connectivity index is 1.91. The number of hydrogen-bond acceptors (Lipinski definition) is 3. The molecule has 1 aliphatic heterocycles. The maximum absolute atomic E-state index is 12.1. The zero-order valence-electron chi connectivity index (χ0n) is 10.3. The topological polar surface area (TPSA) is 64.2 Å². The van der Waals surface area contributed by atoms with Crippen molar-refractivity contribution in [3.05, 3.63) is 12.4 Å². The van der Waals surface area contributed by atoms with E-state index in [9.17, 15) is 4.79 Å². The number of piperidine rings is 1. The first kappa shape index (κ1) is 12.0. The summed E-state index contributed by atoms with van der Waals surface area (Å²) < 4.78 is 1.60. The van der Waals surface area contributed by atoms with Gasteiger partial charge in [-0.3, -0.25) is 9.48 Å². The summed E-state index contributed by atoms with van der Waals surface area (Å²) in [6, 6.07) is 0. The minimum atomic E-state index is 0.145. The number of carbonyl (C=O) groups is 1. The molecule has 1 aromatic heterocycles. The minimum Gasteiger partial charge on any atom is -0.396 e. The van der Waals surface area contributed by atoms with E-state index in [4.69, 9.17) is 5.73 Å². The van der Waals surface area contributed by atoms with Crippen molar-refractivity contribution >= 4 is 11.6 Å². The standard InChI is InChI=1S/C12H20N4O/c1-2-10-4-3-5-15(7-10)12(17)9-16-8-11(13)6-14-16/h6,8,10H,2-5,7,9,13H2,1H3. The summed E-state index contributed by atoms with van der Waals surface area (Å²) >= 11 is 0. The second kappa shape index (κ2) is 5.21. The van der Waals surface area contributed by atoms with Crippen molar-refractivity contribution in [2.24, 2.45) is 5.92 Å². The first-order valence-electron chi connectivity index (χ1n) is 6.24. The Morgan fingerprint density at radius 1 is 1.65 bits per heavy atom. The number of aromatic nitrogens is 2. The Bertz CT molecular complexity index is 388. The fourth-order valence-electron chi connectivity index (χ4n) is 2.33. The van der Waals surface area contributed by atoms with Crippen LogP contribution in [0.3, 0.4) is 0 Å². The van der Waals surface area contributed by atoms with Crippen molar-refractivity contribution in [3.63, 3.8) is 0 Å². The average molecular weight is 236 g/mol. The molecule has 2 N–H and O–H groups in total. The third-order valence-electron chi connectivity index (χ3n) is 3.40. The molecule has 0 spiro atoms. The molecule has 17 heavy (non-hydrogen) atoms. The number of hydrogen-bond donors (Lipinski definition) is 1. The fourth-order valence-corrected chi connectivity index (χ4v) is 2.33. The second-order valence-corrected chi connectivity index (χ2v) is 4.73. The van der Waals surface area contributed by atoms with Crippen LogP contribution >= 0.6 is 0 Å². The van der Waals surface area contributed by atoms with Gasteiger partial charge in [-0.25, -0.2) is 0 Å². The van der Waals surface area contributed by atoms with Gasteiger partial charge in [-0.15, -0.1) is 0 Å². The lowest BCUT2D eigenvalue weighted by Crippen LogP contribution is -2.41. The fraction of sp³-hybridized carbons (Fsp3) is 0.667. The van der Waals surface area contributed by atoms with Crippen LogP contribution in [0.5, 0.6) is 0 Å². The summed E-state index contributed by atoms with van der Waals surface area (Å²) in [6.07, 6.45) is 6.77. The number of rotatable bonds is 3. The van der Waals surface area contributed by atoms with E-state index < -0.39 is 0 Å². The van der Waals surface area contributed by atoms with E-state index in [-0.39, 0.29) is 5.91 Å².